The van der Waals surface area contributed by atoms with Crippen LogP contribution in [0.15, 0.2) is 22.8 Å². The summed E-state index contributed by atoms with van der Waals surface area (Å²) in [7, 11) is 1.78. The van der Waals surface area contributed by atoms with Crippen LogP contribution >= 0.6 is 0 Å². The van der Waals surface area contributed by atoms with Gasteiger partial charge < -0.3 is 9.73 Å². The Labute approximate surface area is 85.9 Å². The second kappa shape index (κ2) is 3.98. The second-order valence-electron chi connectivity index (χ2n) is 3.34. The standard InChI is InChI=1S/C11H11F2NO/c1-14-4-2-7-9(12)6-10(13)8-3-5-15-11(7)8/h3,5-6,14H,2,4H2,1H3. The lowest BCUT2D eigenvalue weighted by Gasteiger charge is -2.04. The Balaban J connectivity index is 2.55. The first kappa shape index (κ1) is 10.1. The van der Waals surface area contributed by atoms with Crippen LogP contribution in [0, 0.1) is 11.6 Å². The zero-order valence-electron chi connectivity index (χ0n) is 8.31. The monoisotopic (exact) mass is 211 g/mol. The second-order valence-corrected chi connectivity index (χ2v) is 3.34. The van der Waals surface area contributed by atoms with Gasteiger partial charge in [0.05, 0.1) is 11.6 Å². The van der Waals surface area contributed by atoms with E-state index in [1.165, 1.54) is 12.3 Å². The summed E-state index contributed by atoms with van der Waals surface area (Å²) < 4.78 is 31.8. The molecule has 1 N–H and O–H groups in total. The van der Waals surface area contributed by atoms with Crippen molar-refractivity contribution in [3.63, 3.8) is 0 Å². The highest BCUT2D eigenvalue weighted by atomic mass is 19.1. The third kappa shape index (κ3) is 1.72. The normalized spacial score (nSPS) is 11.1. The molecule has 0 aliphatic rings. The number of rotatable bonds is 3. The summed E-state index contributed by atoms with van der Waals surface area (Å²) in [6, 6.07) is 2.41. The topological polar surface area (TPSA) is 25.2 Å². The van der Waals surface area contributed by atoms with Gasteiger partial charge in [0.15, 0.2) is 0 Å². The Morgan fingerprint density at radius 2 is 2.13 bits per heavy atom. The van der Waals surface area contributed by atoms with Crippen LogP contribution in [-0.2, 0) is 6.42 Å². The van der Waals surface area contributed by atoms with Gasteiger partial charge in [-0.1, -0.05) is 0 Å². The molecular weight excluding hydrogens is 200 g/mol. The van der Waals surface area contributed by atoms with Crippen molar-refractivity contribution in [1.82, 2.24) is 5.32 Å². The van der Waals surface area contributed by atoms with Crippen molar-refractivity contribution in [1.29, 1.82) is 0 Å². The van der Waals surface area contributed by atoms with Crippen LogP contribution in [0.2, 0.25) is 0 Å². The summed E-state index contributed by atoms with van der Waals surface area (Å²) in [5.74, 6) is -1.13. The molecule has 4 heteroatoms. The zero-order valence-corrected chi connectivity index (χ0v) is 8.31. The first-order chi connectivity index (χ1) is 7.24. The van der Waals surface area contributed by atoms with E-state index in [0.29, 0.717) is 29.5 Å². The molecule has 0 atom stereocenters. The molecule has 0 saturated heterocycles. The molecular formula is C11H11F2NO. The molecule has 1 aromatic carbocycles. The molecule has 2 nitrogen and oxygen atoms in total. The Morgan fingerprint density at radius 1 is 1.33 bits per heavy atom. The molecule has 1 aromatic heterocycles. The van der Waals surface area contributed by atoms with E-state index >= 15 is 0 Å². The van der Waals surface area contributed by atoms with E-state index < -0.39 is 11.6 Å². The number of furan rings is 1. The van der Waals surface area contributed by atoms with Crippen LogP contribution in [0.25, 0.3) is 11.0 Å². The molecule has 1 heterocycles. The highest BCUT2D eigenvalue weighted by molar-refractivity contribution is 5.81. The lowest BCUT2D eigenvalue weighted by atomic mass is 10.1. The Morgan fingerprint density at radius 3 is 2.87 bits per heavy atom. The molecule has 15 heavy (non-hydrogen) atoms. The number of hydrogen-bond acceptors (Lipinski definition) is 2. The summed E-state index contributed by atoms with van der Waals surface area (Å²) >= 11 is 0. The minimum atomic E-state index is -0.579. The van der Waals surface area contributed by atoms with Gasteiger partial charge in [-0.2, -0.15) is 0 Å². The van der Waals surface area contributed by atoms with Crippen molar-refractivity contribution in [3.8, 4) is 0 Å². The predicted octanol–water partition coefficient (Wildman–Crippen LogP) is 2.47. The third-order valence-electron chi connectivity index (χ3n) is 2.36. The van der Waals surface area contributed by atoms with Gasteiger partial charge in [-0.3, -0.25) is 0 Å². The fourth-order valence-corrected chi connectivity index (χ4v) is 1.60. The predicted molar refractivity (Wildman–Crippen MR) is 53.8 cm³/mol. The first-order valence-electron chi connectivity index (χ1n) is 4.72. The summed E-state index contributed by atoms with van der Waals surface area (Å²) in [5, 5.41) is 3.25. The average molecular weight is 211 g/mol. The Hall–Kier alpha value is -1.42. The van der Waals surface area contributed by atoms with E-state index in [-0.39, 0.29) is 0 Å². The van der Waals surface area contributed by atoms with E-state index in [0.717, 1.165) is 6.07 Å². The van der Waals surface area contributed by atoms with Crippen LogP contribution in [-0.4, -0.2) is 13.6 Å². The van der Waals surface area contributed by atoms with Gasteiger partial charge in [0.1, 0.15) is 17.2 Å². The van der Waals surface area contributed by atoms with Crippen molar-refractivity contribution in [3.05, 3.63) is 35.6 Å². The summed E-state index contributed by atoms with van der Waals surface area (Å²) in [4.78, 5) is 0. The molecule has 0 radical (unpaired) electrons. The third-order valence-corrected chi connectivity index (χ3v) is 2.36. The van der Waals surface area contributed by atoms with Crippen molar-refractivity contribution in [2.45, 2.75) is 6.42 Å². The fraction of sp³-hybridized carbons (Fsp3) is 0.273. The molecule has 0 unspecified atom stereocenters. The van der Waals surface area contributed by atoms with E-state index in [1.807, 2.05) is 0 Å². The van der Waals surface area contributed by atoms with Gasteiger partial charge in [0.25, 0.3) is 0 Å². The number of hydrogen-bond donors (Lipinski definition) is 1. The lowest BCUT2D eigenvalue weighted by Crippen LogP contribution is -2.11. The Bertz CT molecular complexity index is 479. The molecule has 80 valence electrons. The van der Waals surface area contributed by atoms with Gasteiger partial charge in [0.2, 0.25) is 0 Å². The highest BCUT2D eigenvalue weighted by Crippen LogP contribution is 2.25. The van der Waals surface area contributed by atoms with Crippen molar-refractivity contribution >= 4 is 11.0 Å². The Kier molecular flexibility index (Phi) is 2.68. The summed E-state index contributed by atoms with van der Waals surface area (Å²) in [6.45, 7) is 0.623. The molecule has 0 fully saturated rings. The van der Waals surface area contributed by atoms with Crippen LogP contribution in [0.5, 0.6) is 0 Å². The van der Waals surface area contributed by atoms with E-state index in [1.54, 1.807) is 7.05 Å². The summed E-state index contributed by atoms with van der Waals surface area (Å²) in [5.41, 5.74) is 0.730. The number of halogens is 2. The molecule has 2 aromatic rings. The van der Waals surface area contributed by atoms with Crippen molar-refractivity contribution in [2.75, 3.05) is 13.6 Å². The fourth-order valence-electron chi connectivity index (χ4n) is 1.60. The van der Waals surface area contributed by atoms with Crippen molar-refractivity contribution in [2.24, 2.45) is 0 Å². The number of nitrogens with one attached hydrogen (secondary N) is 1. The zero-order chi connectivity index (χ0) is 10.8. The summed E-state index contributed by atoms with van der Waals surface area (Å²) in [6.07, 6.45) is 1.85. The molecule has 0 aliphatic heterocycles. The minimum Gasteiger partial charge on any atom is -0.464 e. The van der Waals surface area contributed by atoms with Gasteiger partial charge in [-0.05, 0) is 26.1 Å². The first-order valence-corrected chi connectivity index (χ1v) is 4.72. The molecule has 0 spiro atoms. The number of likely N-dealkylation sites (N-methyl/N-ethyl adjacent to an activating group) is 1. The molecule has 2 rings (SSSR count). The van der Waals surface area contributed by atoms with E-state index in [4.69, 9.17) is 4.42 Å². The van der Waals surface area contributed by atoms with Gasteiger partial charge in [-0.25, -0.2) is 8.78 Å². The number of fused-ring (bicyclic) bond motifs is 1. The van der Waals surface area contributed by atoms with Crippen LogP contribution in [0.4, 0.5) is 8.78 Å². The SMILES string of the molecule is CNCCc1c(F)cc(F)c2ccoc12. The van der Waals surface area contributed by atoms with Crippen LogP contribution in [0.3, 0.4) is 0 Å². The number of benzene rings is 1. The molecule has 0 aliphatic carbocycles. The van der Waals surface area contributed by atoms with Gasteiger partial charge in [-0.15, -0.1) is 0 Å². The van der Waals surface area contributed by atoms with Gasteiger partial charge >= 0.3 is 0 Å². The molecule has 0 bridgehead atoms. The molecule has 0 saturated carbocycles. The largest absolute Gasteiger partial charge is 0.464 e. The smallest absolute Gasteiger partial charge is 0.142 e. The minimum absolute atomic E-state index is 0.308. The van der Waals surface area contributed by atoms with Gasteiger partial charge in [0, 0.05) is 11.6 Å². The van der Waals surface area contributed by atoms with Crippen LogP contribution in [0.1, 0.15) is 5.56 Å². The molecule has 0 amide bonds. The van der Waals surface area contributed by atoms with Crippen molar-refractivity contribution < 1.29 is 13.2 Å². The average Bonchev–Trinajstić information content (AvgIpc) is 2.66. The maximum absolute atomic E-state index is 13.5. The maximum Gasteiger partial charge on any atom is 0.142 e. The quantitative estimate of drug-likeness (QED) is 0.843. The van der Waals surface area contributed by atoms with E-state index in [9.17, 15) is 8.78 Å². The lowest BCUT2D eigenvalue weighted by molar-refractivity contribution is 0.560. The highest BCUT2D eigenvalue weighted by Gasteiger charge is 2.14. The van der Waals surface area contributed by atoms with Crippen LogP contribution < -0.4 is 5.32 Å². The maximum atomic E-state index is 13.5. The van der Waals surface area contributed by atoms with E-state index in [2.05, 4.69) is 5.32 Å².